The normalized spacial score (nSPS) is 10.6. The first kappa shape index (κ1) is 17.0. The van der Waals surface area contributed by atoms with Gasteiger partial charge in [-0.2, -0.15) is 5.10 Å². The maximum atomic E-state index is 6.01. The molecule has 5 nitrogen and oxygen atoms in total. The second kappa shape index (κ2) is 7.83. The Hall–Kier alpha value is -1.83. The van der Waals surface area contributed by atoms with Crippen molar-refractivity contribution in [3.05, 3.63) is 74.2 Å². The van der Waals surface area contributed by atoms with Gasteiger partial charge in [-0.1, -0.05) is 39.7 Å². The smallest absolute Gasteiger partial charge is 0.214 e. The van der Waals surface area contributed by atoms with Gasteiger partial charge in [0.2, 0.25) is 4.77 Å². The van der Waals surface area contributed by atoms with Crippen LogP contribution in [0.4, 0.5) is 0 Å². The highest BCUT2D eigenvalue weighted by Crippen LogP contribution is 2.24. The van der Waals surface area contributed by atoms with Crippen molar-refractivity contribution < 1.29 is 4.74 Å². The predicted molar refractivity (Wildman–Crippen MR) is 100 cm³/mol. The van der Waals surface area contributed by atoms with Crippen molar-refractivity contribution in [3.8, 4) is 5.75 Å². The third kappa shape index (κ3) is 4.37. The molecule has 0 saturated heterocycles. The summed E-state index contributed by atoms with van der Waals surface area (Å²) in [6.07, 6.45) is 1.59. The van der Waals surface area contributed by atoms with Crippen LogP contribution in [0.2, 0.25) is 5.02 Å². The standard InChI is InChI=1S/C16H14BrClN4OS/c17-13-4-5-15(23-9-11-2-1-3-14(18)6-11)12(7-13)8-20-22-10-19-21-16(22)24/h1-7,10,20H,8-9H2,(H,21,24). The van der Waals surface area contributed by atoms with Gasteiger partial charge in [0.25, 0.3) is 0 Å². The molecule has 1 aromatic heterocycles. The summed E-state index contributed by atoms with van der Waals surface area (Å²) in [7, 11) is 0. The lowest BCUT2D eigenvalue weighted by Gasteiger charge is -2.13. The zero-order valence-electron chi connectivity index (χ0n) is 12.5. The molecular weight excluding hydrogens is 412 g/mol. The number of ether oxygens (including phenoxy) is 1. The van der Waals surface area contributed by atoms with E-state index in [1.165, 1.54) is 0 Å². The molecule has 124 valence electrons. The van der Waals surface area contributed by atoms with E-state index in [2.05, 4.69) is 31.6 Å². The van der Waals surface area contributed by atoms with E-state index < -0.39 is 0 Å². The molecular formula is C16H14BrClN4OS. The SMILES string of the molecule is S=c1[nH]ncn1NCc1cc(Br)ccc1OCc1cccc(Cl)c1. The van der Waals surface area contributed by atoms with E-state index in [0.717, 1.165) is 21.3 Å². The number of nitrogens with one attached hydrogen (secondary N) is 2. The van der Waals surface area contributed by atoms with Crippen LogP contribution in [0.15, 0.2) is 53.3 Å². The Morgan fingerprint density at radius 3 is 2.92 bits per heavy atom. The van der Waals surface area contributed by atoms with Gasteiger partial charge in [-0.25, -0.2) is 4.68 Å². The Morgan fingerprint density at radius 2 is 2.17 bits per heavy atom. The number of nitrogens with zero attached hydrogens (tertiary/aromatic N) is 2. The Morgan fingerprint density at radius 1 is 1.29 bits per heavy atom. The summed E-state index contributed by atoms with van der Waals surface area (Å²) in [5.41, 5.74) is 5.19. The summed E-state index contributed by atoms with van der Waals surface area (Å²) in [4.78, 5) is 0. The first-order chi connectivity index (χ1) is 11.6. The van der Waals surface area contributed by atoms with Crippen LogP contribution in [-0.4, -0.2) is 14.9 Å². The molecule has 0 bridgehead atoms. The summed E-state index contributed by atoms with van der Waals surface area (Å²) in [5.74, 6) is 0.792. The number of aromatic nitrogens is 3. The van der Waals surface area contributed by atoms with Crippen LogP contribution < -0.4 is 10.2 Å². The molecule has 2 N–H and O–H groups in total. The quantitative estimate of drug-likeness (QED) is 0.563. The number of benzene rings is 2. The van der Waals surface area contributed by atoms with Crippen molar-refractivity contribution in [2.75, 3.05) is 5.43 Å². The summed E-state index contributed by atoms with van der Waals surface area (Å²) in [5, 5.41) is 7.27. The van der Waals surface area contributed by atoms with E-state index in [4.69, 9.17) is 28.6 Å². The van der Waals surface area contributed by atoms with Gasteiger partial charge < -0.3 is 10.2 Å². The van der Waals surface area contributed by atoms with Gasteiger partial charge in [0.15, 0.2) is 0 Å². The third-order valence-corrected chi connectivity index (χ3v) is 4.31. The van der Waals surface area contributed by atoms with Gasteiger partial charge in [0.05, 0.1) is 6.54 Å². The van der Waals surface area contributed by atoms with Crippen LogP contribution >= 0.6 is 39.7 Å². The molecule has 0 saturated carbocycles. The van der Waals surface area contributed by atoms with Crippen LogP contribution in [-0.2, 0) is 13.2 Å². The van der Waals surface area contributed by atoms with E-state index in [1.54, 1.807) is 11.0 Å². The maximum Gasteiger partial charge on any atom is 0.214 e. The monoisotopic (exact) mass is 424 g/mol. The van der Waals surface area contributed by atoms with Gasteiger partial charge in [0, 0.05) is 15.1 Å². The maximum absolute atomic E-state index is 6.01. The van der Waals surface area contributed by atoms with Crippen molar-refractivity contribution in [1.82, 2.24) is 14.9 Å². The Balaban J connectivity index is 1.73. The van der Waals surface area contributed by atoms with Gasteiger partial charge in [0.1, 0.15) is 18.7 Å². The number of hydrogen-bond acceptors (Lipinski definition) is 4. The summed E-state index contributed by atoms with van der Waals surface area (Å²) < 4.78 is 9.09. The van der Waals surface area contributed by atoms with Crippen molar-refractivity contribution >= 4 is 39.7 Å². The lowest BCUT2D eigenvalue weighted by Crippen LogP contribution is -2.14. The molecule has 0 fully saturated rings. The average Bonchev–Trinajstić information content (AvgIpc) is 2.97. The van der Waals surface area contributed by atoms with Crippen LogP contribution in [0, 0.1) is 4.77 Å². The van der Waals surface area contributed by atoms with E-state index in [9.17, 15) is 0 Å². The second-order valence-electron chi connectivity index (χ2n) is 5.04. The van der Waals surface area contributed by atoms with E-state index in [1.807, 2.05) is 42.5 Å². The molecule has 0 unspecified atom stereocenters. The number of H-pyrrole nitrogens is 1. The number of halogens is 2. The molecule has 2 aromatic carbocycles. The van der Waals surface area contributed by atoms with Crippen molar-refractivity contribution in [3.63, 3.8) is 0 Å². The Bertz CT molecular complexity index is 896. The molecule has 0 atom stereocenters. The summed E-state index contributed by atoms with van der Waals surface area (Å²) >= 11 is 14.6. The second-order valence-corrected chi connectivity index (χ2v) is 6.78. The minimum absolute atomic E-state index is 0.445. The van der Waals surface area contributed by atoms with Crippen molar-refractivity contribution in [1.29, 1.82) is 0 Å². The van der Waals surface area contributed by atoms with E-state index in [-0.39, 0.29) is 0 Å². The molecule has 3 aromatic rings. The highest BCUT2D eigenvalue weighted by Gasteiger charge is 2.06. The Kier molecular flexibility index (Phi) is 5.55. The zero-order valence-corrected chi connectivity index (χ0v) is 15.7. The minimum Gasteiger partial charge on any atom is -0.489 e. The lowest BCUT2D eigenvalue weighted by molar-refractivity contribution is 0.303. The van der Waals surface area contributed by atoms with Gasteiger partial charge in [-0.3, -0.25) is 5.10 Å². The molecule has 0 amide bonds. The molecule has 0 spiro atoms. The third-order valence-electron chi connectivity index (χ3n) is 3.30. The molecule has 0 aliphatic rings. The van der Waals surface area contributed by atoms with Gasteiger partial charge in [-0.05, 0) is 48.1 Å². The fourth-order valence-electron chi connectivity index (χ4n) is 2.15. The van der Waals surface area contributed by atoms with Gasteiger partial charge in [-0.15, -0.1) is 0 Å². The predicted octanol–water partition coefficient (Wildman–Crippen LogP) is 4.68. The molecule has 3 rings (SSSR count). The summed E-state index contributed by atoms with van der Waals surface area (Å²) in [6, 6.07) is 13.5. The number of aromatic amines is 1. The molecule has 24 heavy (non-hydrogen) atoms. The molecule has 8 heteroatoms. The lowest BCUT2D eigenvalue weighted by atomic mass is 10.2. The molecule has 0 aliphatic heterocycles. The summed E-state index contributed by atoms with van der Waals surface area (Å²) in [6.45, 7) is 0.985. The topological polar surface area (TPSA) is 54.9 Å². The van der Waals surface area contributed by atoms with Crippen LogP contribution in [0.3, 0.4) is 0 Å². The van der Waals surface area contributed by atoms with Crippen LogP contribution in [0.5, 0.6) is 5.75 Å². The van der Waals surface area contributed by atoms with E-state index >= 15 is 0 Å². The van der Waals surface area contributed by atoms with Crippen LogP contribution in [0.25, 0.3) is 0 Å². The molecule has 1 heterocycles. The average molecular weight is 426 g/mol. The highest BCUT2D eigenvalue weighted by atomic mass is 79.9. The zero-order chi connectivity index (χ0) is 16.9. The minimum atomic E-state index is 0.445. The van der Waals surface area contributed by atoms with Crippen molar-refractivity contribution in [2.45, 2.75) is 13.2 Å². The van der Waals surface area contributed by atoms with Gasteiger partial charge >= 0.3 is 0 Å². The number of rotatable bonds is 6. The van der Waals surface area contributed by atoms with Crippen molar-refractivity contribution in [2.24, 2.45) is 0 Å². The largest absolute Gasteiger partial charge is 0.489 e. The fourth-order valence-corrected chi connectivity index (χ4v) is 2.93. The highest BCUT2D eigenvalue weighted by molar-refractivity contribution is 9.10. The number of hydrogen-bond donors (Lipinski definition) is 2. The first-order valence-electron chi connectivity index (χ1n) is 7.13. The Labute approximate surface area is 157 Å². The van der Waals surface area contributed by atoms with E-state index in [0.29, 0.717) is 22.9 Å². The fraction of sp³-hybridized carbons (Fsp3) is 0.125. The van der Waals surface area contributed by atoms with Crippen LogP contribution in [0.1, 0.15) is 11.1 Å². The molecule has 0 aliphatic carbocycles. The molecule has 0 radical (unpaired) electrons. The first-order valence-corrected chi connectivity index (χ1v) is 8.71.